The molecule has 0 atom stereocenters. The molecule has 0 aliphatic heterocycles. The highest BCUT2D eigenvalue weighted by Crippen LogP contribution is 2.25. The number of rotatable bonds is 8. The molecule has 150 valence electrons. The average Bonchev–Trinajstić information content (AvgIpc) is 2.72. The van der Waals surface area contributed by atoms with Gasteiger partial charge < -0.3 is 15.2 Å². The van der Waals surface area contributed by atoms with Gasteiger partial charge >= 0.3 is 5.97 Å². The molecule has 3 aromatic carbocycles. The standard InChI is InChI=1S/C22H21NO5S/c1-28-20-7-3-6-18(13-20)17-5-2-4-16(12-17)14-23-19-8-10-21(11-9-19)29(26,27)15-22(24)25/h2-13,23H,14-15H2,1H3,(H,24,25). The normalized spacial score (nSPS) is 11.1. The fraction of sp³-hybridized carbons (Fsp3) is 0.136. The van der Waals surface area contributed by atoms with Crippen LogP contribution in [0, 0.1) is 0 Å². The first kappa shape index (κ1) is 20.4. The molecule has 0 spiro atoms. The minimum absolute atomic E-state index is 0.00882. The smallest absolute Gasteiger partial charge is 0.319 e. The third-order valence-electron chi connectivity index (χ3n) is 4.35. The maximum absolute atomic E-state index is 11.9. The molecule has 0 amide bonds. The zero-order valence-electron chi connectivity index (χ0n) is 15.8. The maximum atomic E-state index is 11.9. The van der Waals surface area contributed by atoms with Gasteiger partial charge in [0.25, 0.3) is 0 Å². The predicted octanol–water partition coefficient (Wildman–Crippen LogP) is 3.83. The van der Waals surface area contributed by atoms with Crippen molar-refractivity contribution in [1.82, 2.24) is 0 Å². The van der Waals surface area contributed by atoms with E-state index >= 15 is 0 Å². The molecule has 0 bridgehead atoms. The van der Waals surface area contributed by atoms with Gasteiger partial charge in [-0.2, -0.15) is 0 Å². The zero-order valence-corrected chi connectivity index (χ0v) is 16.6. The summed E-state index contributed by atoms with van der Waals surface area (Å²) in [5.41, 5.74) is 3.93. The van der Waals surface area contributed by atoms with E-state index in [1.54, 1.807) is 19.2 Å². The number of anilines is 1. The molecule has 0 aliphatic carbocycles. The number of ether oxygens (including phenoxy) is 1. The van der Waals surface area contributed by atoms with Crippen LogP contribution in [-0.4, -0.2) is 32.4 Å². The molecule has 0 fully saturated rings. The molecule has 0 aromatic heterocycles. The van der Waals surface area contributed by atoms with Crippen molar-refractivity contribution < 1.29 is 23.1 Å². The largest absolute Gasteiger partial charge is 0.497 e. The Morgan fingerprint density at radius 2 is 1.62 bits per heavy atom. The minimum atomic E-state index is -3.82. The highest BCUT2D eigenvalue weighted by molar-refractivity contribution is 7.92. The van der Waals surface area contributed by atoms with Gasteiger partial charge in [0.05, 0.1) is 12.0 Å². The lowest BCUT2D eigenvalue weighted by atomic mass is 10.0. The molecule has 3 aromatic rings. The summed E-state index contributed by atoms with van der Waals surface area (Å²) >= 11 is 0. The number of hydrogen-bond donors (Lipinski definition) is 2. The monoisotopic (exact) mass is 411 g/mol. The molecular weight excluding hydrogens is 390 g/mol. The van der Waals surface area contributed by atoms with Crippen molar-refractivity contribution in [3.8, 4) is 16.9 Å². The lowest BCUT2D eigenvalue weighted by molar-refractivity contribution is -0.134. The van der Waals surface area contributed by atoms with Crippen LogP contribution in [0.4, 0.5) is 5.69 Å². The van der Waals surface area contributed by atoms with Crippen LogP contribution in [0.15, 0.2) is 77.7 Å². The lowest BCUT2D eigenvalue weighted by Gasteiger charge is -2.10. The van der Waals surface area contributed by atoms with Crippen molar-refractivity contribution in [3.63, 3.8) is 0 Å². The van der Waals surface area contributed by atoms with E-state index in [0.717, 1.165) is 28.1 Å². The highest BCUT2D eigenvalue weighted by atomic mass is 32.2. The van der Waals surface area contributed by atoms with Crippen LogP contribution in [0.1, 0.15) is 5.56 Å². The molecule has 0 heterocycles. The number of aliphatic carboxylic acids is 1. The van der Waals surface area contributed by atoms with Crippen molar-refractivity contribution in [3.05, 3.63) is 78.4 Å². The van der Waals surface area contributed by atoms with Crippen molar-refractivity contribution in [2.75, 3.05) is 18.2 Å². The molecule has 3 rings (SSSR count). The van der Waals surface area contributed by atoms with E-state index in [0.29, 0.717) is 6.54 Å². The van der Waals surface area contributed by atoms with Gasteiger partial charge in [-0.3, -0.25) is 4.79 Å². The second-order valence-electron chi connectivity index (χ2n) is 6.46. The molecule has 7 heteroatoms. The Labute approximate surface area is 169 Å². The Morgan fingerprint density at radius 1 is 0.966 bits per heavy atom. The number of benzene rings is 3. The summed E-state index contributed by atoms with van der Waals surface area (Å²) in [6, 6.07) is 22.0. The SMILES string of the molecule is COc1cccc(-c2cccc(CNc3ccc(S(=O)(=O)CC(=O)O)cc3)c2)c1. The molecule has 0 saturated carbocycles. The van der Waals surface area contributed by atoms with Crippen molar-refractivity contribution >= 4 is 21.5 Å². The van der Waals surface area contributed by atoms with Crippen LogP contribution in [-0.2, 0) is 21.2 Å². The van der Waals surface area contributed by atoms with E-state index in [9.17, 15) is 13.2 Å². The molecule has 2 N–H and O–H groups in total. The van der Waals surface area contributed by atoms with Crippen LogP contribution in [0.3, 0.4) is 0 Å². The third-order valence-corrected chi connectivity index (χ3v) is 5.97. The first-order valence-electron chi connectivity index (χ1n) is 8.89. The van der Waals surface area contributed by atoms with Gasteiger partial charge in [0.1, 0.15) is 5.75 Å². The first-order valence-corrected chi connectivity index (χ1v) is 10.5. The first-order chi connectivity index (χ1) is 13.9. The Balaban J connectivity index is 1.69. The zero-order chi connectivity index (χ0) is 20.9. The van der Waals surface area contributed by atoms with Gasteiger partial charge in [0.15, 0.2) is 15.6 Å². The second kappa shape index (κ2) is 8.79. The Kier molecular flexibility index (Phi) is 6.19. The van der Waals surface area contributed by atoms with Crippen molar-refractivity contribution in [1.29, 1.82) is 0 Å². The fourth-order valence-corrected chi connectivity index (χ4v) is 3.94. The van der Waals surface area contributed by atoms with E-state index in [1.807, 2.05) is 42.5 Å². The second-order valence-corrected chi connectivity index (χ2v) is 8.45. The summed E-state index contributed by atoms with van der Waals surface area (Å²) in [6.45, 7) is 0.555. The maximum Gasteiger partial charge on any atom is 0.319 e. The Bertz CT molecular complexity index is 1110. The summed E-state index contributed by atoms with van der Waals surface area (Å²) in [5.74, 6) is -1.50. The summed E-state index contributed by atoms with van der Waals surface area (Å²) < 4.78 is 29.2. The molecule has 29 heavy (non-hydrogen) atoms. The molecule has 6 nitrogen and oxygen atoms in total. The molecule has 0 saturated heterocycles. The van der Waals surface area contributed by atoms with Gasteiger partial charge in [0, 0.05) is 12.2 Å². The number of sulfone groups is 1. The molecule has 0 radical (unpaired) electrons. The summed E-state index contributed by atoms with van der Waals surface area (Å²) in [6.07, 6.45) is 0. The van der Waals surface area contributed by atoms with E-state index in [-0.39, 0.29) is 4.90 Å². The van der Waals surface area contributed by atoms with Gasteiger partial charge in [-0.25, -0.2) is 8.42 Å². The number of carbonyl (C=O) groups is 1. The molecular formula is C22H21NO5S. The number of carboxylic acids is 1. The predicted molar refractivity (Wildman–Crippen MR) is 112 cm³/mol. The number of methoxy groups -OCH3 is 1. The Morgan fingerprint density at radius 3 is 2.28 bits per heavy atom. The molecule has 0 aliphatic rings. The van der Waals surface area contributed by atoms with Gasteiger partial charge in [0.2, 0.25) is 0 Å². The fourth-order valence-electron chi connectivity index (χ4n) is 2.89. The van der Waals surface area contributed by atoms with Gasteiger partial charge in [-0.05, 0) is 59.2 Å². The van der Waals surface area contributed by atoms with E-state index < -0.39 is 21.6 Å². The quantitative estimate of drug-likeness (QED) is 0.585. The Hall–Kier alpha value is -3.32. The van der Waals surface area contributed by atoms with E-state index in [4.69, 9.17) is 9.84 Å². The van der Waals surface area contributed by atoms with Crippen molar-refractivity contribution in [2.24, 2.45) is 0 Å². The van der Waals surface area contributed by atoms with Gasteiger partial charge in [-0.1, -0.05) is 30.3 Å². The van der Waals surface area contributed by atoms with Crippen LogP contribution in [0.25, 0.3) is 11.1 Å². The summed E-state index contributed by atoms with van der Waals surface area (Å²) in [7, 11) is -2.19. The van der Waals surface area contributed by atoms with Gasteiger partial charge in [-0.15, -0.1) is 0 Å². The number of carboxylic acid groups (broad SMARTS) is 1. The van der Waals surface area contributed by atoms with Crippen LogP contribution < -0.4 is 10.1 Å². The van der Waals surface area contributed by atoms with Crippen LogP contribution in [0.5, 0.6) is 5.75 Å². The van der Waals surface area contributed by atoms with Crippen LogP contribution >= 0.6 is 0 Å². The number of nitrogens with one attached hydrogen (secondary N) is 1. The summed E-state index contributed by atoms with van der Waals surface area (Å²) in [5, 5.41) is 12.0. The minimum Gasteiger partial charge on any atom is -0.497 e. The molecule has 0 unspecified atom stereocenters. The van der Waals surface area contributed by atoms with E-state index in [1.165, 1.54) is 12.1 Å². The number of hydrogen-bond acceptors (Lipinski definition) is 5. The van der Waals surface area contributed by atoms with Crippen molar-refractivity contribution in [2.45, 2.75) is 11.4 Å². The average molecular weight is 411 g/mol. The van der Waals surface area contributed by atoms with Crippen LogP contribution in [0.2, 0.25) is 0 Å². The van der Waals surface area contributed by atoms with E-state index in [2.05, 4.69) is 11.4 Å². The summed E-state index contributed by atoms with van der Waals surface area (Å²) in [4.78, 5) is 10.7. The third kappa shape index (κ3) is 5.36. The topological polar surface area (TPSA) is 92.7 Å². The lowest BCUT2D eigenvalue weighted by Crippen LogP contribution is -2.15. The highest BCUT2D eigenvalue weighted by Gasteiger charge is 2.18.